The van der Waals surface area contributed by atoms with Gasteiger partial charge in [-0.25, -0.2) is 0 Å². The van der Waals surface area contributed by atoms with Crippen molar-refractivity contribution in [1.82, 2.24) is 0 Å². The Labute approximate surface area is 492 Å². The van der Waals surface area contributed by atoms with Crippen molar-refractivity contribution in [2.24, 2.45) is 0 Å². The van der Waals surface area contributed by atoms with E-state index in [0.717, 1.165) is 96.3 Å². The van der Waals surface area contributed by atoms with Gasteiger partial charge in [0.25, 0.3) is 0 Å². The number of hydrogen-bond donors (Lipinski definition) is 0. The average molecular weight is 1110 g/mol. The van der Waals surface area contributed by atoms with Crippen molar-refractivity contribution >= 4 is 17.9 Å². The van der Waals surface area contributed by atoms with E-state index in [9.17, 15) is 14.4 Å². The zero-order valence-electron chi connectivity index (χ0n) is 53.2. The molecule has 462 valence electrons. The summed E-state index contributed by atoms with van der Waals surface area (Å²) in [6.45, 7) is 6.59. The highest BCUT2D eigenvalue weighted by molar-refractivity contribution is 5.71. The van der Waals surface area contributed by atoms with Gasteiger partial charge in [-0.15, -0.1) is 0 Å². The molecule has 0 heterocycles. The molecule has 79 heavy (non-hydrogen) atoms. The number of rotatable bonds is 65. The molecule has 0 N–H and O–H groups in total. The van der Waals surface area contributed by atoms with Crippen LogP contribution in [0.15, 0.2) is 48.6 Å². The van der Waals surface area contributed by atoms with Gasteiger partial charge in [-0.3, -0.25) is 14.4 Å². The molecule has 0 aliphatic carbocycles. The van der Waals surface area contributed by atoms with Gasteiger partial charge in [0, 0.05) is 19.3 Å². The summed E-state index contributed by atoms with van der Waals surface area (Å²) in [7, 11) is 0. The van der Waals surface area contributed by atoms with Crippen molar-refractivity contribution in [1.29, 1.82) is 0 Å². The monoisotopic (exact) mass is 1110 g/mol. The first kappa shape index (κ1) is 76.4. The van der Waals surface area contributed by atoms with Crippen molar-refractivity contribution < 1.29 is 28.6 Å². The summed E-state index contributed by atoms with van der Waals surface area (Å²) >= 11 is 0. The quantitative estimate of drug-likeness (QED) is 0.0261. The van der Waals surface area contributed by atoms with E-state index in [1.54, 1.807) is 0 Å². The fraction of sp³-hybridized carbons (Fsp3) is 0.849. The summed E-state index contributed by atoms with van der Waals surface area (Å²) < 4.78 is 16.9. The van der Waals surface area contributed by atoms with Crippen LogP contribution in [-0.4, -0.2) is 37.2 Å². The molecular formula is C73H134O6. The second kappa shape index (κ2) is 67.9. The van der Waals surface area contributed by atoms with Crippen molar-refractivity contribution in [3.8, 4) is 0 Å². The summed E-state index contributed by atoms with van der Waals surface area (Å²) in [6, 6.07) is 0. The summed E-state index contributed by atoms with van der Waals surface area (Å²) in [4.78, 5) is 38.2. The third kappa shape index (κ3) is 66.1. The van der Waals surface area contributed by atoms with Gasteiger partial charge < -0.3 is 14.2 Å². The van der Waals surface area contributed by atoms with E-state index in [4.69, 9.17) is 14.2 Å². The number of hydrogen-bond acceptors (Lipinski definition) is 6. The van der Waals surface area contributed by atoms with Crippen LogP contribution in [0.5, 0.6) is 0 Å². The zero-order valence-corrected chi connectivity index (χ0v) is 53.2. The fourth-order valence-electron chi connectivity index (χ4n) is 10.5. The molecule has 0 bridgehead atoms. The lowest BCUT2D eigenvalue weighted by Crippen LogP contribution is -2.30. The van der Waals surface area contributed by atoms with Crippen molar-refractivity contribution in [3.63, 3.8) is 0 Å². The molecule has 0 radical (unpaired) electrons. The lowest BCUT2D eigenvalue weighted by Gasteiger charge is -2.18. The highest BCUT2D eigenvalue weighted by Crippen LogP contribution is 2.18. The Kier molecular flexibility index (Phi) is 65.6. The Morgan fingerprint density at radius 1 is 0.253 bits per heavy atom. The molecule has 0 aromatic heterocycles. The van der Waals surface area contributed by atoms with E-state index >= 15 is 0 Å². The zero-order chi connectivity index (χ0) is 57.1. The highest BCUT2D eigenvalue weighted by atomic mass is 16.6. The maximum atomic E-state index is 12.9. The van der Waals surface area contributed by atoms with Crippen molar-refractivity contribution in [3.05, 3.63) is 48.6 Å². The summed E-state index contributed by atoms with van der Waals surface area (Å²) in [6.07, 6.45) is 86.0. The minimum absolute atomic E-state index is 0.0779. The normalized spacial score (nSPS) is 12.3. The number of carbonyl (C=O) groups excluding carboxylic acids is 3. The van der Waals surface area contributed by atoms with Crippen LogP contribution < -0.4 is 0 Å². The van der Waals surface area contributed by atoms with E-state index in [1.807, 2.05) is 0 Å². The van der Waals surface area contributed by atoms with Crippen LogP contribution >= 0.6 is 0 Å². The fourth-order valence-corrected chi connectivity index (χ4v) is 10.5. The van der Waals surface area contributed by atoms with Crippen LogP contribution in [-0.2, 0) is 28.6 Å². The van der Waals surface area contributed by atoms with Gasteiger partial charge in [-0.2, -0.15) is 0 Å². The summed E-state index contributed by atoms with van der Waals surface area (Å²) in [5.41, 5.74) is 0. The highest BCUT2D eigenvalue weighted by Gasteiger charge is 2.19. The molecule has 0 fully saturated rings. The van der Waals surface area contributed by atoms with Gasteiger partial charge in [0.05, 0.1) is 0 Å². The standard InChI is InChI=1S/C73H134O6/c1-4-7-10-13-16-19-22-25-26-27-28-29-30-31-32-33-34-35-36-37-38-39-40-41-42-43-44-45-46-49-51-54-57-60-63-66-72(75)78-69-70(79-73(76)67-64-61-58-55-52-48-24-21-18-15-12-9-6-3)68-77-71(74)65-62-59-56-53-50-47-23-20-17-14-11-8-5-2/h12,15,20-21,23-24,27-28,70H,4-11,13-14,16-19,22,25-26,29-69H2,1-3H3/b15-12-,23-20-,24-21-,28-27-. The van der Waals surface area contributed by atoms with Gasteiger partial charge in [0.2, 0.25) is 0 Å². The molecule has 0 rings (SSSR count). The first-order valence-electron chi connectivity index (χ1n) is 35.1. The Bertz CT molecular complexity index is 1360. The first-order chi connectivity index (χ1) is 39.0. The second-order valence-corrected chi connectivity index (χ2v) is 23.8. The van der Waals surface area contributed by atoms with E-state index in [2.05, 4.69) is 69.4 Å². The molecule has 1 atom stereocenters. The van der Waals surface area contributed by atoms with Crippen LogP contribution in [0.1, 0.15) is 380 Å². The number of esters is 3. The molecule has 0 saturated heterocycles. The third-order valence-electron chi connectivity index (χ3n) is 15.8. The van der Waals surface area contributed by atoms with Gasteiger partial charge in [-0.1, -0.05) is 313 Å². The third-order valence-corrected chi connectivity index (χ3v) is 15.8. The molecule has 0 aliphatic rings. The van der Waals surface area contributed by atoms with Gasteiger partial charge >= 0.3 is 17.9 Å². The van der Waals surface area contributed by atoms with E-state index < -0.39 is 6.10 Å². The molecule has 1 unspecified atom stereocenters. The minimum atomic E-state index is -0.782. The van der Waals surface area contributed by atoms with Gasteiger partial charge in [0.1, 0.15) is 13.2 Å². The largest absolute Gasteiger partial charge is 0.462 e. The van der Waals surface area contributed by atoms with Crippen LogP contribution in [0, 0.1) is 0 Å². The van der Waals surface area contributed by atoms with Crippen LogP contribution in [0.3, 0.4) is 0 Å². The Hall–Kier alpha value is -2.63. The molecule has 0 aromatic rings. The maximum absolute atomic E-state index is 12.9. The lowest BCUT2D eigenvalue weighted by atomic mass is 10.0. The molecule has 6 heteroatoms. The van der Waals surface area contributed by atoms with Crippen LogP contribution in [0.2, 0.25) is 0 Å². The Morgan fingerprint density at radius 3 is 0.772 bits per heavy atom. The second-order valence-electron chi connectivity index (χ2n) is 23.8. The predicted molar refractivity (Wildman–Crippen MR) is 344 cm³/mol. The number of ether oxygens (including phenoxy) is 3. The molecule has 0 aliphatic heterocycles. The van der Waals surface area contributed by atoms with Gasteiger partial charge in [-0.05, 0) is 96.3 Å². The summed E-state index contributed by atoms with van der Waals surface area (Å²) in [5, 5.41) is 0. The smallest absolute Gasteiger partial charge is 0.306 e. The number of allylic oxidation sites excluding steroid dienone is 8. The molecule has 0 aromatic carbocycles. The number of carbonyl (C=O) groups is 3. The van der Waals surface area contributed by atoms with E-state index in [-0.39, 0.29) is 31.1 Å². The molecule has 0 amide bonds. The molecule has 0 spiro atoms. The predicted octanol–water partition coefficient (Wildman–Crippen LogP) is 24.1. The maximum Gasteiger partial charge on any atom is 0.306 e. The van der Waals surface area contributed by atoms with Crippen LogP contribution in [0.25, 0.3) is 0 Å². The van der Waals surface area contributed by atoms with Crippen molar-refractivity contribution in [2.45, 2.75) is 386 Å². The molecular weight excluding hydrogens is 973 g/mol. The van der Waals surface area contributed by atoms with Crippen LogP contribution in [0.4, 0.5) is 0 Å². The molecule has 6 nitrogen and oxygen atoms in total. The van der Waals surface area contributed by atoms with Crippen molar-refractivity contribution in [2.75, 3.05) is 13.2 Å². The molecule has 0 saturated carbocycles. The number of unbranched alkanes of at least 4 members (excludes halogenated alkanes) is 46. The minimum Gasteiger partial charge on any atom is -0.462 e. The lowest BCUT2D eigenvalue weighted by molar-refractivity contribution is -0.167. The summed E-state index contributed by atoms with van der Waals surface area (Å²) in [5.74, 6) is -0.882. The first-order valence-corrected chi connectivity index (χ1v) is 35.1. The SMILES string of the molecule is CCC/C=C\C/C=C\CCCCCCCC(=O)OC(COC(=O)CCCCCCC/C=C\CCCCCC)COC(=O)CCCCCCCCCCCCCCCCCCCCCCCCC/C=C\CCCCCCCCCC. The Morgan fingerprint density at radius 2 is 0.481 bits per heavy atom. The topological polar surface area (TPSA) is 78.9 Å². The Balaban J connectivity index is 4.02. The van der Waals surface area contributed by atoms with E-state index in [1.165, 1.54) is 244 Å². The average Bonchev–Trinajstić information content (AvgIpc) is 3.45. The van der Waals surface area contributed by atoms with E-state index in [0.29, 0.717) is 19.3 Å². The van der Waals surface area contributed by atoms with Gasteiger partial charge in [0.15, 0.2) is 6.10 Å².